The maximum absolute atomic E-state index is 10.8. The van der Waals surface area contributed by atoms with Gasteiger partial charge in [-0.15, -0.1) is 0 Å². The van der Waals surface area contributed by atoms with E-state index in [-0.39, 0.29) is 6.79 Å². The van der Waals surface area contributed by atoms with Crippen LogP contribution in [-0.4, -0.2) is 26.1 Å². The average Bonchev–Trinajstić information content (AvgIpc) is 2.31. The molecule has 19 heavy (non-hydrogen) atoms. The smallest absolute Gasteiger partial charge is 0.404 e. The molecule has 0 aliphatic carbocycles. The number of primary amides is 1. The Bertz CT molecular complexity index is 442. The minimum absolute atomic E-state index is 0.0239. The molecular weight excluding hydrogens is 293 g/mol. The van der Waals surface area contributed by atoms with Crippen LogP contribution in [0.3, 0.4) is 0 Å². The minimum atomic E-state index is -0.886. The number of amides is 1. The first kappa shape index (κ1) is 16.0. The second-order valence-electron chi connectivity index (χ2n) is 3.80. The van der Waals surface area contributed by atoms with Crippen LogP contribution in [0, 0.1) is 0 Å². The fraction of sp³-hybridized carbons (Fsp3) is 0.417. The number of nitrogens with two attached hydrogens (primary N) is 1. The summed E-state index contributed by atoms with van der Waals surface area (Å²) in [5, 5.41) is 0.913. The molecule has 0 saturated carbocycles. The van der Waals surface area contributed by atoms with Gasteiger partial charge in [0.05, 0.1) is 0 Å². The summed E-state index contributed by atoms with van der Waals surface area (Å²) in [7, 11) is 1.49. The van der Waals surface area contributed by atoms with E-state index >= 15 is 0 Å². The summed E-state index contributed by atoms with van der Waals surface area (Å²) in [6.45, 7) is 1.67. The fourth-order valence-electron chi connectivity index (χ4n) is 1.60. The van der Waals surface area contributed by atoms with Crippen molar-refractivity contribution >= 4 is 29.3 Å². The van der Waals surface area contributed by atoms with Crippen LogP contribution >= 0.6 is 23.2 Å². The van der Waals surface area contributed by atoms with Crippen molar-refractivity contribution < 1.29 is 19.0 Å². The molecule has 1 amide bonds. The largest absolute Gasteiger partial charge is 0.444 e. The van der Waals surface area contributed by atoms with Crippen LogP contribution in [0.15, 0.2) is 18.2 Å². The van der Waals surface area contributed by atoms with E-state index in [0.717, 1.165) is 0 Å². The second kappa shape index (κ2) is 7.55. The lowest BCUT2D eigenvalue weighted by Gasteiger charge is -2.24. The molecule has 1 rings (SSSR count). The van der Waals surface area contributed by atoms with Crippen LogP contribution in [0.4, 0.5) is 4.79 Å². The van der Waals surface area contributed by atoms with Gasteiger partial charge in [0.25, 0.3) is 0 Å². The molecule has 0 heterocycles. The third-order valence-corrected chi connectivity index (χ3v) is 2.93. The zero-order valence-electron chi connectivity index (χ0n) is 10.6. The van der Waals surface area contributed by atoms with E-state index in [1.165, 1.54) is 7.11 Å². The Balaban J connectivity index is 2.97. The molecule has 7 heteroatoms. The van der Waals surface area contributed by atoms with Crippen molar-refractivity contribution in [3.05, 3.63) is 33.8 Å². The molecule has 0 unspecified atom stereocenters. The van der Waals surface area contributed by atoms with Crippen LogP contribution in [0.1, 0.15) is 18.6 Å². The first-order valence-electron chi connectivity index (χ1n) is 5.47. The summed E-state index contributed by atoms with van der Waals surface area (Å²) >= 11 is 11.9. The van der Waals surface area contributed by atoms with Crippen LogP contribution in [-0.2, 0) is 14.2 Å². The highest BCUT2D eigenvalue weighted by molar-refractivity contribution is 6.35. The van der Waals surface area contributed by atoms with Gasteiger partial charge in [0.1, 0.15) is 19.0 Å². The minimum Gasteiger partial charge on any atom is -0.444 e. The zero-order chi connectivity index (χ0) is 14.4. The first-order chi connectivity index (χ1) is 8.95. The topological polar surface area (TPSA) is 70.8 Å². The fourth-order valence-corrected chi connectivity index (χ4v) is 2.11. The van der Waals surface area contributed by atoms with Crippen molar-refractivity contribution in [2.75, 3.05) is 13.9 Å². The number of benzene rings is 1. The van der Waals surface area contributed by atoms with Gasteiger partial charge in [-0.1, -0.05) is 29.3 Å². The van der Waals surface area contributed by atoms with Gasteiger partial charge in [0.2, 0.25) is 0 Å². The summed E-state index contributed by atoms with van der Waals surface area (Å²) in [4.78, 5) is 10.8. The van der Waals surface area contributed by atoms with Crippen molar-refractivity contribution in [3.8, 4) is 0 Å². The Hall–Kier alpha value is -1.01. The Labute approximate surface area is 121 Å². The van der Waals surface area contributed by atoms with Crippen molar-refractivity contribution in [2.24, 2.45) is 5.73 Å². The number of hydrogen-bond acceptors (Lipinski definition) is 4. The van der Waals surface area contributed by atoms with Gasteiger partial charge in [-0.3, -0.25) is 0 Å². The van der Waals surface area contributed by atoms with Gasteiger partial charge in [-0.2, -0.15) is 0 Å². The average molecular weight is 308 g/mol. The van der Waals surface area contributed by atoms with Gasteiger partial charge in [-0.05, 0) is 19.1 Å². The lowest BCUT2D eigenvalue weighted by atomic mass is 10.1. The van der Waals surface area contributed by atoms with Gasteiger partial charge < -0.3 is 19.9 Å². The summed E-state index contributed by atoms with van der Waals surface area (Å²) in [5.74, 6) is 0. The number of rotatable bonds is 6. The Morgan fingerprint density at radius 3 is 2.63 bits per heavy atom. The predicted octanol–water partition coefficient (Wildman–Crippen LogP) is 3.14. The van der Waals surface area contributed by atoms with Gasteiger partial charge >= 0.3 is 6.09 Å². The van der Waals surface area contributed by atoms with Crippen molar-refractivity contribution in [2.45, 2.75) is 19.1 Å². The Morgan fingerprint density at radius 1 is 1.42 bits per heavy atom. The van der Waals surface area contributed by atoms with E-state index in [9.17, 15) is 4.79 Å². The zero-order valence-corrected chi connectivity index (χ0v) is 12.1. The number of hydrogen-bond donors (Lipinski definition) is 1. The van der Waals surface area contributed by atoms with Crippen molar-refractivity contribution in [1.82, 2.24) is 0 Å². The number of halogens is 2. The molecule has 0 aliphatic heterocycles. The van der Waals surface area contributed by atoms with E-state index < -0.39 is 18.3 Å². The third kappa shape index (κ3) is 4.87. The molecule has 0 radical (unpaired) electrons. The van der Waals surface area contributed by atoms with E-state index in [4.69, 9.17) is 43.1 Å². The van der Waals surface area contributed by atoms with Crippen LogP contribution < -0.4 is 5.73 Å². The number of ether oxygens (including phenoxy) is 3. The van der Waals surface area contributed by atoms with Gasteiger partial charge in [0, 0.05) is 22.7 Å². The molecule has 5 nitrogen and oxygen atoms in total. The summed E-state index contributed by atoms with van der Waals surface area (Å²) in [6.07, 6.45) is -2.10. The quantitative estimate of drug-likeness (QED) is 0.820. The predicted molar refractivity (Wildman–Crippen MR) is 72.3 cm³/mol. The maximum atomic E-state index is 10.8. The second-order valence-corrected chi connectivity index (χ2v) is 4.65. The summed E-state index contributed by atoms with van der Waals surface area (Å²) < 4.78 is 15.2. The molecule has 0 aliphatic rings. The molecule has 1 aromatic carbocycles. The van der Waals surface area contributed by atoms with E-state index in [0.29, 0.717) is 15.6 Å². The molecule has 106 valence electrons. The maximum Gasteiger partial charge on any atom is 0.404 e. The lowest BCUT2D eigenvalue weighted by Crippen LogP contribution is -2.28. The normalized spacial score (nSPS) is 13.9. The van der Waals surface area contributed by atoms with E-state index in [1.807, 2.05) is 0 Å². The number of methoxy groups -OCH3 is 1. The molecule has 0 fully saturated rings. The highest BCUT2D eigenvalue weighted by atomic mass is 35.5. The van der Waals surface area contributed by atoms with Gasteiger partial charge in [-0.25, -0.2) is 4.79 Å². The molecule has 1 aromatic rings. The molecular formula is C12H15Cl2NO4. The Morgan fingerprint density at radius 2 is 2.11 bits per heavy atom. The molecule has 0 saturated heterocycles. The highest BCUT2D eigenvalue weighted by Crippen LogP contribution is 2.31. The monoisotopic (exact) mass is 307 g/mol. The lowest BCUT2D eigenvalue weighted by molar-refractivity contribution is -0.111. The van der Waals surface area contributed by atoms with E-state index in [1.54, 1.807) is 25.1 Å². The third-order valence-electron chi connectivity index (χ3n) is 2.36. The van der Waals surface area contributed by atoms with Gasteiger partial charge in [0.15, 0.2) is 0 Å². The molecule has 0 spiro atoms. The molecule has 2 atom stereocenters. The van der Waals surface area contributed by atoms with Crippen LogP contribution in [0.5, 0.6) is 0 Å². The van der Waals surface area contributed by atoms with Crippen molar-refractivity contribution in [3.63, 3.8) is 0 Å². The van der Waals surface area contributed by atoms with Crippen LogP contribution in [0.2, 0.25) is 10.0 Å². The summed E-state index contributed by atoms with van der Waals surface area (Å²) in [6, 6.07) is 4.95. The first-order valence-corrected chi connectivity index (χ1v) is 6.23. The molecule has 2 N–H and O–H groups in total. The molecule has 0 bridgehead atoms. The highest BCUT2D eigenvalue weighted by Gasteiger charge is 2.25. The van der Waals surface area contributed by atoms with Crippen molar-refractivity contribution in [1.29, 1.82) is 0 Å². The SMILES string of the molecule is COCO[C@H](c1ccc(Cl)cc1Cl)[C@@H](C)OC(N)=O. The van der Waals surface area contributed by atoms with E-state index in [2.05, 4.69) is 0 Å². The summed E-state index contributed by atoms with van der Waals surface area (Å²) in [5.41, 5.74) is 5.63. The van der Waals surface area contributed by atoms with Crippen LogP contribution in [0.25, 0.3) is 0 Å². The Kier molecular flexibility index (Phi) is 6.37. The number of carbonyl (C=O) groups is 1. The standard InChI is InChI=1S/C12H15Cl2NO4/c1-7(19-12(15)16)11(18-6-17-2)9-4-3-8(13)5-10(9)14/h3-5,7,11H,6H2,1-2H3,(H2,15,16)/t7-,11+/m1/s1. The molecule has 0 aromatic heterocycles. The number of carbonyl (C=O) groups excluding carboxylic acids is 1.